The van der Waals surface area contributed by atoms with Gasteiger partial charge in [0.1, 0.15) is 6.10 Å². The molecule has 4 unspecified atom stereocenters. The van der Waals surface area contributed by atoms with Crippen molar-refractivity contribution in [1.29, 1.82) is 0 Å². The molecule has 2 rings (SSSR count). The van der Waals surface area contributed by atoms with E-state index < -0.39 is 38.1 Å². The summed E-state index contributed by atoms with van der Waals surface area (Å²) in [5.41, 5.74) is -0.185. The minimum absolute atomic E-state index is 0.0591. The summed E-state index contributed by atoms with van der Waals surface area (Å²) in [7, 11) is -1.07. The van der Waals surface area contributed by atoms with Gasteiger partial charge in [-0.15, -0.1) is 0 Å². The molecule has 1 amide bonds. The van der Waals surface area contributed by atoms with Crippen molar-refractivity contribution in [2.75, 3.05) is 26.7 Å². The molecule has 4 atom stereocenters. The zero-order valence-corrected chi connectivity index (χ0v) is 20.8. The SMILES string of the molecule is CCCOP(C)OC(C)C(CC)NC(=O)COC(=O)OC(C)c1cc2c(cc1[N+](=O)[O-])OCO2. The molecule has 1 aliphatic heterocycles. The highest BCUT2D eigenvalue weighted by Crippen LogP contribution is 2.41. The second-order valence-corrected chi connectivity index (χ2v) is 8.83. The van der Waals surface area contributed by atoms with Crippen LogP contribution in [0.1, 0.15) is 52.2 Å². The second kappa shape index (κ2) is 13.3. The molecule has 0 aromatic heterocycles. The van der Waals surface area contributed by atoms with Gasteiger partial charge in [-0.1, -0.05) is 13.8 Å². The molecule has 1 aromatic carbocycles. The number of nitro benzene ring substituents is 1. The standard InChI is InChI=1S/C21H31N2O10P/c1-6-8-31-34(5)33-14(4)16(7-2)22-20(24)11-28-21(25)32-13(3)15-9-18-19(30-12-29-18)10-17(15)23(26)27/h9-10,13-14,16H,6-8,11-12H2,1-5H3,(H,22,24). The van der Waals surface area contributed by atoms with Crippen LogP contribution in [0.15, 0.2) is 12.1 Å². The molecule has 0 spiro atoms. The number of nitrogens with zero attached hydrogens (tertiary/aromatic N) is 1. The van der Waals surface area contributed by atoms with E-state index in [0.29, 0.717) is 18.8 Å². The van der Waals surface area contributed by atoms with Gasteiger partial charge in [0.2, 0.25) is 6.79 Å². The van der Waals surface area contributed by atoms with Gasteiger partial charge >= 0.3 is 6.16 Å². The first kappa shape index (κ1) is 27.6. The monoisotopic (exact) mass is 502 g/mol. The molecular weight excluding hydrogens is 471 g/mol. The number of nitrogens with one attached hydrogen (secondary N) is 1. The predicted octanol–water partition coefficient (Wildman–Crippen LogP) is 4.21. The number of fused-ring (bicyclic) bond motifs is 1. The fourth-order valence-corrected chi connectivity index (χ4v) is 4.27. The minimum Gasteiger partial charge on any atom is -0.454 e. The summed E-state index contributed by atoms with van der Waals surface area (Å²) < 4.78 is 31.8. The van der Waals surface area contributed by atoms with Crippen LogP contribution in [0.3, 0.4) is 0 Å². The van der Waals surface area contributed by atoms with E-state index in [1.54, 1.807) is 0 Å². The smallest absolute Gasteiger partial charge is 0.454 e. The molecule has 0 saturated heterocycles. The maximum Gasteiger partial charge on any atom is 0.509 e. The van der Waals surface area contributed by atoms with E-state index in [1.165, 1.54) is 19.1 Å². The molecule has 1 heterocycles. The summed E-state index contributed by atoms with van der Waals surface area (Å²) in [6.07, 6.45) is -1.00. The highest BCUT2D eigenvalue weighted by molar-refractivity contribution is 7.46. The van der Waals surface area contributed by atoms with Crippen molar-refractivity contribution in [3.63, 3.8) is 0 Å². The van der Waals surface area contributed by atoms with Gasteiger partial charge < -0.3 is 33.3 Å². The molecule has 1 N–H and O–H groups in total. The quantitative estimate of drug-likeness (QED) is 0.180. The van der Waals surface area contributed by atoms with Crippen LogP contribution in [-0.4, -0.2) is 55.8 Å². The lowest BCUT2D eigenvalue weighted by Gasteiger charge is -2.26. The van der Waals surface area contributed by atoms with E-state index in [0.717, 1.165) is 6.42 Å². The number of nitro groups is 1. The molecule has 1 aromatic rings. The number of ether oxygens (including phenoxy) is 4. The number of rotatable bonds is 13. The molecule has 0 aliphatic carbocycles. The van der Waals surface area contributed by atoms with Crippen LogP contribution in [0.4, 0.5) is 10.5 Å². The van der Waals surface area contributed by atoms with Crippen molar-refractivity contribution >= 4 is 26.1 Å². The first-order valence-electron chi connectivity index (χ1n) is 10.9. The van der Waals surface area contributed by atoms with Gasteiger partial charge in [0.05, 0.1) is 35.3 Å². The van der Waals surface area contributed by atoms with Crippen molar-refractivity contribution in [3.05, 3.63) is 27.8 Å². The number of benzene rings is 1. The average Bonchev–Trinajstić information content (AvgIpc) is 3.26. The van der Waals surface area contributed by atoms with E-state index in [4.69, 9.17) is 28.0 Å². The lowest BCUT2D eigenvalue weighted by molar-refractivity contribution is -0.386. The molecule has 190 valence electrons. The predicted molar refractivity (Wildman–Crippen MR) is 122 cm³/mol. The number of carbonyl (C=O) groups excluding carboxylic acids is 2. The summed E-state index contributed by atoms with van der Waals surface area (Å²) >= 11 is 0. The number of hydrogen-bond acceptors (Lipinski definition) is 10. The zero-order valence-electron chi connectivity index (χ0n) is 19.9. The van der Waals surface area contributed by atoms with Gasteiger partial charge in [0, 0.05) is 6.66 Å². The number of amides is 1. The third kappa shape index (κ3) is 7.96. The Hall–Kier alpha value is -2.69. The largest absolute Gasteiger partial charge is 0.509 e. The van der Waals surface area contributed by atoms with Crippen molar-refractivity contribution in [2.24, 2.45) is 0 Å². The molecule has 1 aliphatic rings. The summed E-state index contributed by atoms with van der Waals surface area (Å²) in [5.74, 6) is 0.00982. The Labute approximate surface area is 199 Å². The van der Waals surface area contributed by atoms with E-state index >= 15 is 0 Å². The van der Waals surface area contributed by atoms with Gasteiger partial charge in [-0.05, 0) is 32.8 Å². The maximum absolute atomic E-state index is 12.3. The minimum atomic E-state index is -1.14. The fourth-order valence-electron chi connectivity index (χ4n) is 3.15. The summed E-state index contributed by atoms with van der Waals surface area (Å²) in [5, 5.41) is 14.2. The molecule has 13 heteroatoms. The van der Waals surface area contributed by atoms with Crippen molar-refractivity contribution < 1.29 is 42.5 Å². The Bertz CT molecular complexity index is 868. The first-order valence-corrected chi connectivity index (χ1v) is 12.5. The third-order valence-electron chi connectivity index (χ3n) is 4.90. The van der Waals surface area contributed by atoms with Crippen LogP contribution >= 0.6 is 8.38 Å². The van der Waals surface area contributed by atoms with E-state index in [-0.39, 0.29) is 35.9 Å². The molecule has 0 radical (unpaired) electrons. The summed E-state index contributed by atoms with van der Waals surface area (Å²) in [4.78, 5) is 35.1. The summed E-state index contributed by atoms with van der Waals surface area (Å²) in [6, 6.07) is 2.28. The molecule has 0 bridgehead atoms. The fraction of sp³-hybridized carbons (Fsp3) is 0.619. The topological polar surface area (TPSA) is 145 Å². The van der Waals surface area contributed by atoms with Gasteiger partial charge in [0.15, 0.2) is 26.5 Å². The van der Waals surface area contributed by atoms with E-state index in [2.05, 4.69) is 5.32 Å². The van der Waals surface area contributed by atoms with Crippen LogP contribution in [0.5, 0.6) is 11.5 Å². The van der Waals surface area contributed by atoms with Crippen molar-refractivity contribution in [2.45, 2.75) is 58.8 Å². The maximum atomic E-state index is 12.3. The molecular formula is C21H31N2O10P. The molecule has 0 saturated carbocycles. The Kier molecular flexibility index (Phi) is 10.7. The van der Waals surface area contributed by atoms with Crippen LogP contribution in [0.2, 0.25) is 0 Å². The third-order valence-corrected chi connectivity index (χ3v) is 6.07. The van der Waals surface area contributed by atoms with Gasteiger partial charge in [-0.3, -0.25) is 14.9 Å². The van der Waals surface area contributed by atoms with Crippen molar-refractivity contribution in [3.8, 4) is 11.5 Å². The van der Waals surface area contributed by atoms with Crippen molar-refractivity contribution in [1.82, 2.24) is 5.32 Å². The first-order chi connectivity index (χ1) is 16.2. The zero-order chi connectivity index (χ0) is 25.3. The van der Waals surface area contributed by atoms with E-state index in [9.17, 15) is 19.7 Å². The summed E-state index contributed by atoms with van der Waals surface area (Å²) in [6.45, 7) is 8.98. The Morgan fingerprint density at radius 3 is 2.53 bits per heavy atom. The van der Waals surface area contributed by atoms with Crippen LogP contribution in [0.25, 0.3) is 0 Å². The van der Waals surface area contributed by atoms with Crippen LogP contribution in [-0.2, 0) is 23.3 Å². The normalized spacial score (nSPS) is 15.7. The highest BCUT2D eigenvalue weighted by Gasteiger charge is 2.29. The molecule has 0 fully saturated rings. The number of carbonyl (C=O) groups is 2. The highest BCUT2D eigenvalue weighted by atomic mass is 31.2. The Balaban J connectivity index is 1.86. The molecule has 34 heavy (non-hydrogen) atoms. The lowest BCUT2D eigenvalue weighted by atomic mass is 10.1. The van der Waals surface area contributed by atoms with Gasteiger partial charge in [-0.25, -0.2) is 4.79 Å². The molecule has 12 nitrogen and oxygen atoms in total. The van der Waals surface area contributed by atoms with Crippen LogP contribution < -0.4 is 14.8 Å². The Morgan fingerprint density at radius 2 is 1.91 bits per heavy atom. The van der Waals surface area contributed by atoms with Gasteiger partial charge in [-0.2, -0.15) is 0 Å². The average molecular weight is 502 g/mol. The Morgan fingerprint density at radius 1 is 1.24 bits per heavy atom. The second-order valence-electron chi connectivity index (χ2n) is 7.49. The number of hydrogen-bond donors (Lipinski definition) is 1. The van der Waals surface area contributed by atoms with E-state index in [1.807, 2.05) is 27.4 Å². The van der Waals surface area contributed by atoms with Gasteiger partial charge in [0.25, 0.3) is 11.6 Å². The van der Waals surface area contributed by atoms with Crippen LogP contribution in [0, 0.1) is 10.1 Å². The lowest BCUT2D eigenvalue weighted by Crippen LogP contribution is -2.44.